The van der Waals surface area contributed by atoms with Crippen LogP contribution < -0.4 is 11.3 Å². The summed E-state index contributed by atoms with van der Waals surface area (Å²) in [5.74, 6) is -0.509. The van der Waals surface area contributed by atoms with Crippen LogP contribution in [0.15, 0.2) is 11.1 Å². The van der Waals surface area contributed by atoms with Crippen molar-refractivity contribution in [1.29, 1.82) is 0 Å². The molecule has 12 heteroatoms. The van der Waals surface area contributed by atoms with Gasteiger partial charge in [0, 0.05) is 0 Å². The molecule has 0 spiro atoms. The molecule has 0 aromatic carbocycles. The van der Waals surface area contributed by atoms with Crippen molar-refractivity contribution in [3.05, 3.63) is 16.7 Å². The number of nitrogens with zero attached hydrogens (tertiary/aromatic N) is 3. The standard InChI is InChI=1S/C20H24FN5O6/c1-6-20(21)13(32-17(29)10(4)5)11(7-30-16(28)9(2)3)31-18(20)26-8-23-12-14(26)24-19(22)25-15(12)27/h1,8-11,13,18H,7H2,2-5H3,(H3,22,24,25,27)/t11-,13-,18+,20-/m1/s1. The number of nitrogens with one attached hydrogen (secondary N) is 1. The van der Waals surface area contributed by atoms with Crippen molar-refractivity contribution in [2.24, 2.45) is 11.8 Å². The summed E-state index contributed by atoms with van der Waals surface area (Å²) in [4.78, 5) is 46.5. The van der Waals surface area contributed by atoms with Gasteiger partial charge in [0.15, 0.2) is 23.5 Å². The van der Waals surface area contributed by atoms with E-state index in [2.05, 4.69) is 15.0 Å². The zero-order chi connectivity index (χ0) is 23.8. The van der Waals surface area contributed by atoms with Crippen LogP contribution in [0.2, 0.25) is 0 Å². The number of rotatable bonds is 6. The van der Waals surface area contributed by atoms with Crippen molar-refractivity contribution in [3.63, 3.8) is 0 Å². The van der Waals surface area contributed by atoms with Gasteiger partial charge >= 0.3 is 11.9 Å². The maximum Gasteiger partial charge on any atom is 0.308 e. The molecule has 1 fully saturated rings. The number of anilines is 1. The molecule has 3 N–H and O–H groups in total. The van der Waals surface area contributed by atoms with E-state index in [9.17, 15) is 14.4 Å². The van der Waals surface area contributed by atoms with Crippen LogP contribution in [0.3, 0.4) is 0 Å². The van der Waals surface area contributed by atoms with Gasteiger partial charge < -0.3 is 19.9 Å². The van der Waals surface area contributed by atoms with Gasteiger partial charge in [0.2, 0.25) is 5.95 Å². The first-order valence-corrected chi connectivity index (χ1v) is 9.91. The summed E-state index contributed by atoms with van der Waals surface area (Å²) in [6.45, 7) is 5.98. The lowest BCUT2D eigenvalue weighted by molar-refractivity contribution is -0.164. The highest BCUT2D eigenvalue weighted by Gasteiger charge is 2.61. The van der Waals surface area contributed by atoms with Crippen molar-refractivity contribution in [1.82, 2.24) is 19.5 Å². The fraction of sp³-hybridized carbons (Fsp3) is 0.550. The molecule has 1 aliphatic heterocycles. The van der Waals surface area contributed by atoms with E-state index in [0.717, 1.165) is 10.9 Å². The third-order valence-corrected chi connectivity index (χ3v) is 4.92. The lowest BCUT2D eigenvalue weighted by Crippen LogP contribution is -2.46. The lowest BCUT2D eigenvalue weighted by atomic mass is 9.96. The summed E-state index contributed by atoms with van der Waals surface area (Å²) in [5, 5.41) is 0. The predicted octanol–water partition coefficient (Wildman–Crippen LogP) is 0.708. The number of nitrogens with two attached hydrogens (primary N) is 1. The van der Waals surface area contributed by atoms with E-state index in [0.29, 0.717) is 0 Å². The summed E-state index contributed by atoms with van der Waals surface area (Å²) in [6.07, 6.45) is 2.21. The fourth-order valence-corrected chi connectivity index (χ4v) is 3.16. The second-order valence-corrected chi connectivity index (χ2v) is 8.01. The number of imidazole rings is 1. The molecule has 1 saturated heterocycles. The molecular formula is C20H24FN5O6. The summed E-state index contributed by atoms with van der Waals surface area (Å²) < 4.78 is 33.7. The number of carbonyl (C=O) groups is 2. The van der Waals surface area contributed by atoms with Crippen LogP contribution in [0.1, 0.15) is 33.9 Å². The molecule has 0 unspecified atom stereocenters. The second-order valence-electron chi connectivity index (χ2n) is 8.01. The number of carbonyl (C=O) groups excluding carboxylic acids is 2. The van der Waals surface area contributed by atoms with Crippen LogP contribution in [0, 0.1) is 24.2 Å². The van der Waals surface area contributed by atoms with E-state index in [4.69, 9.17) is 26.4 Å². The maximum atomic E-state index is 16.2. The van der Waals surface area contributed by atoms with Crippen molar-refractivity contribution < 1.29 is 28.2 Å². The lowest BCUT2D eigenvalue weighted by Gasteiger charge is -2.27. The Kier molecular flexibility index (Phi) is 6.23. The summed E-state index contributed by atoms with van der Waals surface area (Å²) in [5.41, 5.74) is 2.06. The van der Waals surface area contributed by atoms with E-state index < -0.39 is 60.0 Å². The molecule has 4 atom stereocenters. The molecule has 0 bridgehead atoms. The van der Waals surface area contributed by atoms with E-state index in [1.807, 2.05) is 5.92 Å². The van der Waals surface area contributed by atoms with Crippen LogP contribution in [-0.4, -0.2) is 55.9 Å². The molecule has 0 radical (unpaired) electrons. The minimum atomic E-state index is -2.70. The first-order valence-electron chi connectivity index (χ1n) is 9.91. The number of esters is 2. The van der Waals surface area contributed by atoms with Gasteiger partial charge in [0.05, 0.1) is 18.2 Å². The number of hydrogen-bond acceptors (Lipinski definition) is 9. The molecule has 0 saturated carbocycles. The van der Waals surface area contributed by atoms with Gasteiger partial charge in [-0.05, 0) is 0 Å². The van der Waals surface area contributed by atoms with Crippen molar-refractivity contribution in [3.8, 4) is 12.3 Å². The zero-order valence-electron chi connectivity index (χ0n) is 18.0. The van der Waals surface area contributed by atoms with E-state index in [1.54, 1.807) is 27.7 Å². The molecule has 2 aromatic heterocycles. The van der Waals surface area contributed by atoms with Crippen molar-refractivity contribution in [2.75, 3.05) is 12.3 Å². The SMILES string of the molecule is C#C[C@@]1(F)[C@H](OC(=O)C(C)C)[C@@H](COC(=O)C(C)C)O[C@@H]1n1cnc2c(=O)[nH]c(N)nc21. The number of H-pyrrole nitrogens is 1. The average Bonchev–Trinajstić information content (AvgIpc) is 3.25. The second kappa shape index (κ2) is 8.58. The molecule has 0 amide bonds. The molecule has 3 rings (SSSR count). The minimum Gasteiger partial charge on any atom is -0.463 e. The van der Waals surface area contributed by atoms with Gasteiger partial charge in [-0.25, -0.2) is 9.37 Å². The average molecular weight is 449 g/mol. The summed E-state index contributed by atoms with van der Waals surface area (Å²) in [6, 6.07) is 0. The Morgan fingerprint density at radius 3 is 2.62 bits per heavy atom. The zero-order valence-corrected chi connectivity index (χ0v) is 18.0. The first-order chi connectivity index (χ1) is 15.0. The quantitative estimate of drug-likeness (QED) is 0.480. The van der Waals surface area contributed by atoms with Crippen LogP contribution in [0.5, 0.6) is 0 Å². The summed E-state index contributed by atoms with van der Waals surface area (Å²) in [7, 11) is 0. The Morgan fingerprint density at radius 1 is 1.38 bits per heavy atom. The number of fused-ring (bicyclic) bond motifs is 1. The third-order valence-electron chi connectivity index (χ3n) is 4.92. The summed E-state index contributed by atoms with van der Waals surface area (Å²) >= 11 is 0. The van der Waals surface area contributed by atoms with Crippen LogP contribution in [-0.2, 0) is 23.8 Å². The molecule has 0 aliphatic carbocycles. The monoisotopic (exact) mass is 449 g/mol. The highest BCUT2D eigenvalue weighted by Crippen LogP contribution is 2.44. The van der Waals surface area contributed by atoms with Gasteiger partial charge in [0.1, 0.15) is 12.7 Å². The molecule has 172 valence electrons. The van der Waals surface area contributed by atoms with E-state index in [-0.39, 0.29) is 17.1 Å². The molecule has 3 heterocycles. The minimum absolute atomic E-state index is 0.0812. The third kappa shape index (κ3) is 4.03. The number of aromatic amines is 1. The first kappa shape index (κ1) is 23.2. The number of nitrogen functional groups attached to an aromatic ring is 1. The molecule has 1 aliphatic rings. The van der Waals surface area contributed by atoms with Crippen LogP contribution >= 0.6 is 0 Å². The molecule has 11 nitrogen and oxygen atoms in total. The van der Waals surface area contributed by atoms with Crippen LogP contribution in [0.4, 0.5) is 10.3 Å². The Balaban J connectivity index is 2.05. The number of ether oxygens (including phenoxy) is 3. The number of hydrogen-bond donors (Lipinski definition) is 2. The number of aromatic nitrogens is 4. The van der Waals surface area contributed by atoms with Gasteiger partial charge in [-0.1, -0.05) is 33.6 Å². The molecule has 32 heavy (non-hydrogen) atoms. The van der Waals surface area contributed by atoms with Crippen molar-refractivity contribution >= 4 is 29.1 Å². The Labute approximate surface area is 182 Å². The fourth-order valence-electron chi connectivity index (χ4n) is 3.16. The number of halogens is 1. The number of alkyl halides is 1. The van der Waals surface area contributed by atoms with Gasteiger partial charge in [-0.2, -0.15) is 4.98 Å². The highest BCUT2D eigenvalue weighted by molar-refractivity contribution is 5.73. The Morgan fingerprint density at radius 2 is 2.03 bits per heavy atom. The largest absolute Gasteiger partial charge is 0.463 e. The Hall–Kier alpha value is -3.46. The Bertz CT molecular complexity index is 1140. The van der Waals surface area contributed by atoms with E-state index in [1.165, 1.54) is 0 Å². The maximum absolute atomic E-state index is 16.2. The van der Waals surface area contributed by atoms with Gasteiger partial charge in [-0.15, -0.1) is 6.42 Å². The van der Waals surface area contributed by atoms with Crippen LogP contribution in [0.25, 0.3) is 11.2 Å². The van der Waals surface area contributed by atoms with Gasteiger partial charge in [0.25, 0.3) is 11.2 Å². The molecule has 2 aromatic rings. The number of terminal acetylenes is 1. The topological polar surface area (TPSA) is 151 Å². The van der Waals surface area contributed by atoms with Crippen molar-refractivity contribution in [2.45, 2.75) is 51.8 Å². The smallest absolute Gasteiger partial charge is 0.308 e. The highest BCUT2D eigenvalue weighted by atomic mass is 19.1. The van der Waals surface area contributed by atoms with E-state index >= 15 is 4.39 Å². The predicted molar refractivity (Wildman–Crippen MR) is 110 cm³/mol. The normalized spacial score (nSPS) is 25.2. The van der Waals surface area contributed by atoms with Gasteiger partial charge in [-0.3, -0.25) is 23.9 Å². The molecular weight excluding hydrogens is 425 g/mol.